The number of anilines is 2. The molecule has 1 aromatic rings. The molecule has 0 aliphatic rings. The molecule has 2 nitrogen and oxygen atoms in total. The van der Waals surface area contributed by atoms with Gasteiger partial charge in [0.1, 0.15) is 0 Å². The lowest BCUT2D eigenvalue weighted by atomic mass is 10.0. The molecule has 0 bridgehead atoms. The molecule has 2 heteroatoms. The van der Waals surface area contributed by atoms with Gasteiger partial charge >= 0.3 is 0 Å². The van der Waals surface area contributed by atoms with E-state index in [-0.39, 0.29) is 0 Å². The van der Waals surface area contributed by atoms with Gasteiger partial charge in [0, 0.05) is 24.5 Å². The molecule has 1 rings (SSSR count). The Labute approximate surface area is 252 Å². The molecule has 1 aromatic carbocycles. The zero-order valence-corrected chi connectivity index (χ0v) is 27.5. The first-order chi connectivity index (χ1) is 19.8. The molecule has 0 aliphatic carbocycles. The van der Waals surface area contributed by atoms with Crippen molar-refractivity contribution in [2.45, 2.75) is 194 Å². The van der Waals surface area contributed by atoms with E-state index in [0.717, 1.165) is 5.69 Å². The van der Waals surface area contributed by atoms with E-state index < -0.39 is 0 Å². The summed E-state index contributed by atoms with van der Waals surface area (Å²) in [7, 11) is 0. The molecule has 0 saturated heterocycles. The largest absolute Gasteiger partial charge is 0.399 e. The highest BCUT2D eigenvalue weighted by atomic mass is 15.1. The standard InChI is InChI=1S/C38H72N2/c1-3-5-7-9-11-13-15-17-19-21-23-25-27-29-35-40(38-33-31-37(39)32-34-38)36-30-28-26-24-22-20-18-16-14-12-10-8-6-4-2/h31-34H,3-30,35-36,39H2,1-2H3. The number of benzene rings is 1. The van der Waals surface area contributed by atoms with Crippen LogP contribution < -0.4 is 10.6 Å². The van der Waals surface area contributed by atoms with Crippen LogP contribution in [0.3, 0.4) is 0 Å². The van der Waals surface area contributed by atoms with Gasteiger partial charge in [-0.2, -0.15) is 0 Å². The zero-order valence-electron chi connectivity index (χ0n) is 27.5. The van der Waals surface area contributed by atoms with Gasteiger partial charge in [0.15, 0.2) is 0 Å². The molecule has 0 spiro atoms. The Morgan fingerprint density at radius 2 is 0.625 bits per heavy atom. The fourth-order valence-electron chi connectivity index (χ4n) is 6.05. The maximum Gasteiger partial charge on any atom is 0.0367 e. The molecule has 40 heavy (non-hydrogen) atoms. The third kappa shape index (κ3) is 23.5. The van der Waals surface area contributed by atoms with Crippen LogP contribution in [0, 0.1) is 0 Å². The molecule has 0 saturated carbocycles. The molecule has 2 N–H and O–H groups in total. The highest BCUT2D eigenvalue weighted by Gasteiger charge is 2.06. The van der Waals surface area contributed by atoms with Gasteiger partial charge in [0.25, 0.3) is 0 Å². The topological polar surface area (TPSA) is 29.3 Å². The van der Waals surface area contributed by atoms with Gasteiger partial charge in [-0.05, 0) is 37.1 Å². The fourth-order valence-corrected chi connectivity index (χ4v) is 6.05. The lowest BCUT2D eigenvalue weighted by Gasteiger charge is -2.25. The quantitative estimate of drug-likeness (QED) is 0.0727. The van der Waals surface area contributed by atoms with E-state index in [2.05, 4.69) is 43.0 Å². The van der Waals surface area contributed by atoms with E-state index >= 15 is 0 Å². The fraction of sp³-hybridized carbons (Fsp3) is 0.842. The number of nitrogens with two attached hydrogens (primary N) is 1. The summed E-state index contributed by atoms with van der Waals surface area (Å²) in [4.78, 5) is 2.63. The van der Waals surface area contributed by atoms with E-state index in [9.17, 15) is 0 Å². The maximum absolute atomic E-state index is 5.97. The molecule has 0 radical (unpaired) electrons. The first kappa shape index (κ1) is 36.8. The van der Waals surface area contributed by atoms with Crippen molar-refractivity contribution in [2.75, 3.05) is 23.7 Å². The van der Waals surface area contributed by atoms with Crippen molar-refractivity contribution in [3.8, 4) is 0 Å². The lowest BCUT2D eigenvalue weighted by Crippen LogP contribution is -2.25. The van der Waals surface area contributed by atoms with Crippen molar-refractivity contribution in [3.63, 3.8) is 0 Å². The Hall–Kier alpha value is -1.18. The average Bonchev–Trinajstić information content (AvgIpc) is 2.97. The summed E-state index contributed by atoms with van der Waals surface area (Å²) in [6.45, 7) is 7.00. The van der Waals surface area contributed by atoms with E-state index in [1.165, 1.54) is 199 Å². The Kier molecular flexibility index (Phi) is 27.0. The van der Waals surface area contributed by atoms with Crippen LogP contribution in [0.1, 0.15) is 194 Å². The molecule has 0 fully saturated rings. The molecule has 0 atom stereocenters. The summed E-state index contributed by atoms with van der Waals surface area (Å²) in [5.74, 6) is 0. The van der Waals surface area contributed by atoms with Crippen molar-refractivity contribution in [1.29, 1.82) is 0 Å². The second kappa shape index (κ2) is 29.3. The lowest BCUT2D eigenvalue weighted by molar-refractivity contribution is 0.529. The van der Waals surface area contributed by atoms with Crippen LogP contribution in [0.15, 0.2) is 24.3 Å². The second-order valence-corrected chi connectivity index (χ2v) is 12.8. The number of hydrogen-bond donors (Lipinski definition) is 1. The van der Waals surface area contributed by atoms with Crippen LogP contribution in [0.25, 0.3) is 0 Å². The first-order valence-corrected chi connectivity index (χ1v) is 18.4. The van der Waals surface area contributed by atoms with Gasteiger partial charge in [-0.25, -0.2) is 0 Å². The second-order valence-electron chi connectivity index (χ2n) is 12.8. The Balaban J connectivity index is 2.05. The van der Waals surface area contributed by atoms with Crippen LogP contribution in [-0.2, 0) is 0 Å². The van der Waals surface area contributed by atoms with Crippen molar-refractivity contribution < 1.29 is 0 Å². The van der Waals surface area contributed by atoms with Crippen molar-refractivity contribution in [3.05, 3.63) is 24.3 Å². The van der Waals surface area contributed by atoms with Crippen LogP contribution in [-0.4, -0.2) is 13.1 Å². The van der Waals surface area contributed by atoms with E-state index in [1.54, 1.807) is 0 Å². The maximum atomic E-state index is 5.97. The number of nitrogens with zero attached hydrogens (tertiary/aromatic N) is 1. The highest BCUT2D eigenvalue weighted by molar-refractivity contribution is 5.53. The monoisotopic (exact) mass is 557 g/mol. The summed E-state index contributed by atoms with van der Waals surface area (Å²) in [5, 5.41) is 0. The molecular formula is C38H72N2. The highest BCUT2D eigenvalue weighted by Crippen LogP contribution is 2.20. The zero-order chi connectivity index (χ0) is 28.8. The van der Waals surface area contributed by atoms with Gasteiger partial charge in [-0.1, -0.05) is 181 Å². The Bertz CT molecular complexity index is 578. The number of hydrogen-bond acceptors (Lipinski definition) is 2. The van der Waals surface area contributed by atoms with Gasteiger partial charge in [0.05, 0.1) is 0 Å². The van der Waals surface area contributed by atoms with Gasteiger partial charge in [-0.15, -0.1) is 0 Å². The Morgan fingerprint density at radius 3 is 0.900 bits per heavy atom. The van der Waals surface area contributed by atoms with E-state index in [0.29, 0.717) is 0 Å². The molecule has 234 valence electrons. The van der Waals surface area contributed by atoms with E-state index in [1.807, 2.05) is 0 Å². The number of nitrogen functional groups attached to an aromatic ring is 1. The van der Waals surface area contributed by atoms with E-state index in [4.69, 9.17) is 5.73 Å². The molecule has 0 aliphatic heterocycles. The SMILES string of the molecule is CCCCCCCCCCCCCCCCN(CCCCCCCCCCCCCCCC)c1ccc(N)cc1. The molecule has 0 unspecified atom stereocenters. The summed E-state index contributed by atoms with van der Waals surface area (Å²) in [5.41, 5.74) is 8.20. The van der Waals surface area contributed by atoms with Crippen molar-refractivity contribution in [2.24, 2.45) is 0 Å². The van der Waals surface area contributed by atoms with Gasteiger partial charge in [-0.3, -0.25) is 0 Å². The van der Waals surface area contributed by atoms with Crippen molar-refractivity contribution in [1.82, 2.24) is 0 Å². The molecule has 0 heterocycles. The minimum Gasteiger partial charge on any atom is -0.399 e. The smallest absolute Gasteiger partial charge is 0.0367 e. The minimum atomic E-state index is 0.872. The minimum absolute atomic E-state index is 0.872. The van der Waals surface area contributed by atoms with Crippen LogP contribution in [0.4, 0.5) is 11.4 Å². The molecule has 0 amide bonds. The Morgan fingerprint density at radius 1 is 0.375 bits per heavy atom. The third-order valence-electron chi connectivity index (χ3n) is 8.82. The molecular weight excluding hydrogens is 484 g/mol. The summed E-state index contributed by atoms with van der Waals surface area (Å²) in [6, 6.07) is 8.59. The predicted octanol–water partition coefficient (Wildman–Crippen LogP) is 13.0. The van der Waals surface area contributed by atoms with Gasteiger partial charge in [0.2, 0.25) is 0 Å². The summed E-state index contributed by atoms with van der Waals surface area (Å²) in [6.07, 6.45) is 39.9. The summed E-state index contributed by atoms with van der Waals surface area (Å²) >= 11 is 0. The normalized spacial score (nSPS) is 11.3. The number of rotatable bonds is 31. The molecule has 0 aromatic heterocycles. The van der Waals surface area contributed by atoms with Crippen LogP contribution >= 0.6 is 0 Å². The van der Waals surface area contributed by atoms with Crippen molar-refractivity contribution >= 4 is 11.4 Å². The third-order valence-corrected chi connectivity index (χ3v) is 8.82. The van der Waals surface area contributed by atoms with Crippen LogP contribution in [0.5, 0.6) is 0 Å². The summed E-state index contributed by atoms with van der Waals surface area (Å²) < 4.78 is 0. The van der Waals surface area contributed by atoms with Crippen LogP contribution in [0.2, 0.25) is 0 Å². The van der Waals surface area contributed by atoms with Gasteiger partial charge < -0.3 is 10.6 Å². The average molecular weight is 557 g/mol. The first-order valence-electron chi connectivity index (χ1n) is 18.4. The number of unbranched alkanes of at least 4 members (excludes halogenated alkanes) is 26. The predicted molar refractivity (Wildman–Crippen MR) is 184 cm³/mol.